The SMILES string of the molecule is O=C(O)C(F)(F)F.O=C(O)[C@@H]1C[C@H](c2ccccc2)CN1. The van der Waals surface area contributed by atoms with Crippen molar-refractivity contribution in [2.45, 2.75) is 24.6 Å². The molecule has 0 unspecified atom stereocenters. The number of aliphatic carboxylic acids is 2. The fourth-order valence-corrected chi connectivity index (χ4v) is 1.90. The van der Waals surface area contributed by atoms with Crippen molar-refractivity contribution in [2.24, 2.45) is 0 Å². The van der Waals surface area contributed by atoms with Crippen LogP contribution < -0.4 is 5.32 Å². The molecule has 8 heteroatoms. The van der Waals surface area contributed by atoms with Crippen LogP contribution in [0.25, 0.3) is 0 Å². The number of nitrogens with one attached hydrogen (secondary N) is 1. The molecule has 1 aliphatic heterocycles. The minimum absolute atomic E-state index is 0.345. The molecule has 0 spiro atoms. The van der Waals surface area contributed by atoms with Crippen molar-refractivity contribution in [1.82, 2.24) is 5.32 Å². The van der Waals surface area contributed by atoms with Crippen LogP contribution in [-0.4, -0.2) is 40.9 Å². The van der Waals surface area contributed by atoms with E-state index in [4.69, 9.17) is 15.0 Å². The van der Waals surface area contributed by atoms with Crippen molar-refractivity contribution in [1.29, 1.82) is 0 Å². The summed E-state index contributed by atoms with van der Waals surface area (Å²) in [5.41, 5.74) is 1.23. The molecule has 1 aliphatic rings. The largest absolute Gasteiger partial charge is 0.490 e. The lowest BCUT2D eigenvalue weighted by Crippen LogP contribution is -2.29. The molecule has 2 atom stereocenters. The highest BCUT2D eigenvalue weighted by atomic mass is 19.4. The number of carbonyl (C=O) groups is 2. The first-order valence-electron chi connectivity index (χ1n) is 6.03. The summed E-state index contributed by atoms with van der Waals surface area (Å²) in [6.45, 7) is 0.765. The smallest absolute Gasteiger partial charge is 0.480 e. The molecule has 0 bridgehead atoms. The molecule has 0 aliphatic carbocycles. The number of halogens is 3. The Morgan fingerprint density at radius 3 is 2.05 bits per heavy atom. The third-order valence-corrected chi connectivity index (χ3v) is 2.94. The molecule has 21 heavy (non-hydrogen) atoms. The van der Waals surface area contributed by atoms with Crippen LogP contribution in [-0.2, 0) is 9.59 Å². The van der Waals surface area contributed by atoms with E-state index in [-0.39, 0.29) is 6.04 Å². The molecule has 1 aromatic carbocycles. The molecule has 0 amide bonds. The second-order valence-corrected chi connectivity index (χ2v) is 4.45. The number of benzene rings is 1. The Labute approximate surface area is 118 Å². The Morgan fingerprint density at radius 1 is 1.14 bits per heavy atom. The van der Waals surface area contributed by atoms with E-state index >= 15 is 0 Å². The van der Waals surface area contributed by atoms with Gasteiger partial charge in [-0.05, 0) is 17.9 Å². The van der Waals surface area contributed by atoms with E-state index in [9.17, 15) is 18.0 Å². The fourth-order valence-electron chi connectivity index (χ4n) is 1.90. The lowest BCUT2D eigenvalue weighted by atomic mass is 9.96. The third kappa shape index (κ3) is 5.42. The van der Waals surface area contributed by atoms with Crippen molar-refractivity contribution in [3.05, 3.63) is 35.9 Å². The summed E-state index contributed by atoms with van der Waals surface area (Å²) in [6.07, 6.45) is -4.39. The van der Waals surface area contributed by atoms with E-state index < -0.39 is 18.1 Å². The van der Waals surface area contributed by atoms with Crippen LogP contribution in [0, 0.1) is 0 Å². The van der Waals surface area contributed by atoms with Crippen LogP contribution in [0.1, 0.15) is 17.9 Å². The molecule has 0 saturated carbocycles. The molecule has 1 aromatic rings. The summed E-state index contributed by atoms with van der Waals surface area (Å²) in [7, 11) is 0. The molecular formula is C13H14F3NO4. The number of hydrogen-bond acceptors (Lipinski definition) is 3. The van der Waals surface area contributed by atoms with Crippen LogP contribution in [0.3, 0.4) is 0 Å². The number of alkyl halides is 3. The van der Waals surface area contributed by atoms with E-state index in [1.54, 1.807) is 0 Å². The van der Waals surface area contributed by atoms with Gasteiger partial charge in [-0.2, -0.15) is 13.2 Å². The lowest BCUT2D eigenvalue weighted by Gasteiger charge is -2.07. The van der Waals surface area contributed by atoms with Gasteiger partial charge in [0.15, 0.2) is 0 Å². The first-order valence-corrected chi connectivity index (χ1v) is 6.03. The molecule has 1 fully saturated rings. The second-order valence-electron chi connectivity index (χ2n) is 4.45. The molecule has 0 aromatic heterocycles. The molecule has 5 nitrogen and oxygen atoms in total. The standard InChI is InChI=1S/C11H13NO2.C2HF3O2/c13-11(14)10-6-9(7-12-10)8-4-2-1-3-5-8;3-2(4,5)1(6)7/h1-5,9-10,12H,6-7H2,(H,13,14);(H,6,7)/t9-,10-;/m0./s1. The maximum atomic E-state index is 10.7. The van der Waals surface area contributed by atoms with Crippen molar-refractivity contribution < 1.29 is 33.0 Å². The zero-order valence-corrected chi connectivity index (χ0v) is 10.8. The van der Waals surface area contributed by atoms with Crippen molar-refractivity contribution >= 4 is 11.9 Å². The fraction of sp³-hybridized carbons (Fsp3) is 0.385. The molecule has 2 rings (SSSR count). The van der Waals surface area contributed by atoms with E-state index in [1.807, 2.05) is 18.2 Å². The molecule has 116 valence electrons. The number of hydrogen-bond donors (Lipinski definition) is 3. The van der Waals surface area contributed by atoms with Crippen LogP contribution in [0.5, 0.6) is 0 Å². The van der Waals surface area contributed by atoms with Crippen LogP contribution in [0.2, 0.25) is 0 Å². The third-order valence-electron chi connectivity index (χ3n) is 2.94. The second kappa shape index (κ2) is 7.07. The van der Waals surface area contributed by atoms with Gasteiger partial charge in [-0.1, -0.05) is 30.3 Å². The Bertz CT molecular complexity index is 490. The van der Waals surface area contributed by atoms with Gasteiger partial charge >= 0.3 is 18.1 Å². The molecule has 3 N–H and O–H groups in total. The topological polar surface area (TPSA) is 86.6 Å². The number of rotatable bonds is 2. The first-order chi connectivity index (χ1) is 9.71. The van der Waals surface area contributed by atoms with Gasteiger partial charge in [0, 0.05) is 6.54 Å². The van der Waals surface area contributed by atoms with Gasteiger partial charge in [0.2, 0.25) is 0 Å². The number of carboxylic acid groups (broad SMARTS) is 2. The van der Waals surface area contributed by atoms with Gasteiger partial charge < -0.3 is 15.5 Å². The summed E-state index contributed by atoms with van der Waals surface area (Å²) in [4.78, 5) is 19.6. The lowest BCUT2D eigenvalue weighted by molar-refractivity contribution is -0.192. The van der Waals surface area contributed by atoms with E-state index in [1.165, 1.54) is 5.56 Å². The first kappa shape index (κ1) is 17.0. The Morgan fingerprint density at radius 2 is 1.67 bits per heavy atom. The van der Waals surface area contributed by atoms with Crippen molar-refractivity contribution in [3.8, 4) is 0 Å². The minimum Gasteiger partial charge on any atom is -0.480 e. The van der Waals surface area contributed by atoms with Gasteiger partial charge in [-0.3, -0.25) is 4.79 Å². The molecule has 1 saturated heterocycles. The molecule has 1 heterocycles. The summed E-state index contributed by atoms with van der Waals surface area (Å²) in [5, 5.41) is 18.9. The predicted molar refractivity (Wildman–Crippen MR) is 66.9 cm³/mol. The summed E-state index contributed by atoms with van der Waals surface area (Å²) < 4.78 is 31.7. The maximum Gasteiger partial charge on any atom is 0.490 e. The monoisotopic (exact) mass is 305 g/mol. The average Bonchev–Trinajstić information content (AvgIpc) is 2.89. The van der Waals surface area contributed by atoms with E-state index in [2.05, 4.69) is 17.4 Å². The van der Waals surface area contributed by atoms with E-state index in [0.717, 1.165) is 6.54 Å². The van der Waals surface area contributed by atoms with Gasteiger partial charge in [0.25, 0.3) is 0 Å². The van der Waals surface area contributed by atoms with Crippen LogP contribution in [0.4, 0.5) is 13.2 Å². The van der Waals surface area contributed by atoms with Gasteiger partial charge in [0.05, 0.1) is 0 Å². The highest BCUT2D eigenvalue weighted by Crippen LogP contribution is 2.25. The van der Waals surface area contributed by atoms with Crippen LogP contribution >= 0.6 is 0 Å². The Balaban J connectivity index is 0.000000270. The quantitative estimate of drug-likeness (QED) is 0.776. The average molecular weight is 305 g/mol. The number of carboxylic acids is 2. The van der Waals surface area contributed by atoms with Gasteiger partial charge in [-0.25, -0.2) is 4.79 Å². The normalized spacial score (nSPS) is 21.3. The highest BCUT2D eigenvalue weighted by Gasteiger charge is 2.38. The summed E-state index contributed by atoms with van der Waals surface area (Å²) in [5.74, 6) is -3.16. The minimum atomic E-state index is -5.08. The van der Waals surface area contributed by atoms with Gasteiger partial charge in [-0.15, -0.1) is 0 Å². The zero-order valence-electron chi connectivity index (χ0n) is 10.8. The predicted octanol–water partition coefficient (Wildman–Crippen LogP) is 1.85. The van der Waals surface area contributed by atoms with Gasteiger partial charge in [0.1, 0.15) is 6.04 Å². The maximum absolute atomic E-state index is 10.7. The highest BCUT2D eigenvalue weighted by molar-refractivity contribution is 5.74. The Kier molecular flexibility index (Phi) is 5.71. The van der Waals surface area contributed by atoms with Crippen molar-refractivity contribution in [3.63, 3.8) is 0 Å². The summed E-state index contributed by atoms with van der Waals surface area (Å²) >= 11 is 0. The summed E-state index contributed by atoms with van der Waals surface area (Å²) in [6, 6.07) is 9.68. The van der Waals surface area contributed by atoms with Crippen molar-refractivity contribution in [2.75, 3.05) is 6.54 Å². The van der Waals surface area contributed by atoms with E-state index in [0.29, 0.717) is 12.3 Å². The van der Waals surface area contributed by atoms with Crippen LogP contribution in [0.15, 0.2) is 30.3 Å². The Hall–Kier alpha value is -2.09. The molecular weight excluding hydrogens is 291 g/mol. The zero-order chi connectivity index (χ0) is 16.0. The molecule has 0 radical (unpaired) electrons.